The number of methoxy groups -OCH3 is 2. The second-order valence-electron chi connectivity index (χ2n) is 5.23. The number of rotatable bonds is 5. The molecule has 1 aliphatic heterocycles. The third-order valence-corrected chi connectivity index (χ3v) is 5.89. The highest BCUT2D eigenvalue weighted by Gasteiger charge is 2.33. The van der Waals surface area contributed by atoms with E-state index < -0.39 is 10.0 Å². The first-order valence-electron chi connectivity index (χ1n) is 6.86. The molecule has 1 aromatic carbocycles. The highest BCUT2D eigenvalue weighted by atomic mass is 35.5. The van der Waals surface area contributed by atoms with Crippen molar-refractivity contribution in [1.29, 1.82) is 0 Å². The van der Waals surface area contributed by atoms with E-state index in [4.69, 9.17) is 15.2 Å². The van der Waals surface area contributed by atoms with E-state index in [9.17, 15) is 8.42 Å². The Labute approximate surface area is 138 Å². The van der Waals surface area contributed by atoms with Crippen LogP contribution >= 0.6 is 12.4 Å². The highest BCUT2D eigenvalue weighted by molar-refractivity contribution is 7.89. The maximum absolute atomic E-state index is 12.8. The van der Waals surface area contributed by atoms with Gasteiger partial charge in [-0.25, -0.2) is 8.42 Å². The van der Waals surface area contributed by atoms with Gasteiger partial charge in [0.15, 0.2) is 11.5 Å². The van der Waals surface area contributed by atoms with E-state index in [0.29, 0.717) is 36.7 Å². The van der Waals surface area contributed by atoms with Gasteiger partial charge in [0, 0.05) is 19.2 Å². The van der Waals surface area contributed by atoms with Crippen molar-refractivity contribution >= 4 is 22.4 Å². The summed E-state index contributed by atoms with van der Waals surface area (Å²) < 4.78 is 37.4. The van der Waals surface area contributed by atoms with Crippen LogP contribution in [0.4, 0.5) is 0 Å². The van der Waals surface area contributed by atoms with Crippen LogP contribution in [0.25, 0.3) is 0 Å². The Morgan fingerprint density at radius 1 is 1.27 bits per heavy atom. The first kappa shape index (κ1) is 19.0. The molecule has 0 aliphatic carbocycles. The van der Waals surface area contributed by atoms with Gasteiger partial charge in [0.25, 0.3) is 0 Å². The van der Waals surface area contributed by atoms with Crippen molar-refractivity contribution in [2.45, 2.75) is 18.2 Å². The molecular weight excluding hydrogens is 328 g/mol. The van der Waals surface area contributed by atoms with Gasteiger partial charge in [0.1, 0.15) is 0 Å². The Balaban J connectivity index is 0.00000242. The molecule has 0 bridgehead atoms. The molecule has 126 valence electrons. The minimum absolute atomic E-state index is 0. The molecule has 0 amide bonds. The fraction of sp³-hybridized carbons (Fsp3) is 0.571. The van der Waals surface area contributed by atoms with Gasteiger partial charge in [-0.3, -0.25) is 0 Å². The number of nitrogens with zero attached hydrogens (tertiary/aromatic N) is 1. The fourth-order valence-corrected chi connectivity index (χ4v) is 4.34. The molecule has 1 saturated heterocycles. The van der Waals surface area contributed by atoms with Gasteiger partial charge < -0.3 is 15.2 Å². The van der Waals surface area contributed by atoms with Gasteiger partial charge in [0.05, 0.1) is 19.1 Å². The van der Waals surface area contributed by atoms with E-state index in [2.05, 4.69) is 0 Å². The van der Waals surface area contributed by atoms with Crippen molar-refractivity contribution in [1.82, 2.24) is 4.31 Å². The van der Waals surface area contributed by atoms with Crippen molar-refractivity contribution in [3.63, 3.8) is 0 Å². The van der Waals surface area contributed by atoms with E-state index in [0.717, 1.165) is 6.42 Å². The van der Waals surface area contributed by atoms with Gasteiger partial charge in [-0.05, 0) is 37.4 Å². The number of ether oxygens (including phenoxy) is 2. The third-order valence-electron chi connectivity index (χ3n) is 3.88. The average Bonchev–Trinajstić information content (AvgIpc) is 2.96. The van der Waals surface area contributed by atoms with Crippen LogP contribution in [0.15, 0.2) is 17.0 Å². The maximum Gasteiger partial charge on any atom is 0.243 e. The van der Waals surface area contributed by atoms with E-state index in [1.807, 2.05) is 0 Å². The minimum Gasteiger partial charge on any atom is -0.493 e. The molecule has 1 fully saturated rings. The number of aryl methyl sites for hydroxylation is 1. The summed E-state index contributed by atoms with van der Waals surface area (Å²) in [6.45, 7) is 3.26. The van der Waals surface area contributed by atoms with Crippen LogP contribution in [0.1, 0.15) is 12.0 Å². The molecule has 2 N–H and O–H groups in total. The van der Waals surface area contributed by atoms with Gasteiger partial charge in [0.2, 0.25) is 10.0 Å². The zero-order valence-corrected chi connectivity index (χ0v) is 14.7. The summed E-state index contributed by atoms with van der Waals surface area (Å²) in [6.07, 6.45) is 0.808. The number of nitrogens with two attached hydrogens (primary N) is 1. The minimum atomic E-state index is -3.53. The predicted octanol–water partition coefficient (Wildman–Crippen LogP) is 1.40. The Morgan fingerprint density at radius 3 is 2.36 bits per heavy atom. The summed E-state index contributed by atoms with van der Waals surface area (Å²) in [4.78, 5) is 0.262. The van der Waals surface area contributed by atoms with Crippen molar-refractivity contribution < 1.29 is 17.9 Å². The van der Waals surface area contributed by atoms with E-state index >= 15 is 0 Å². The largest absolute Gasteiger partial charge is 0.493 e. The van der Waals surface area contributed by atoms with Crippen molar-refractivity contribution in [2.24, 2.45) is 11.7 Å². The van der Waals surface area contributed by atoms with Crippen molar-refractivity contribution in [3.05, 3.63) is 17.7 Å². The Morgan fingerprint density at radius 2 is 1.86 bits per heavy atom. The zero-order chi connectivity index (χ0) is 15.6. The molecule has 1 heterocycles. The first-order chi connectivity index (χ1) is 9.93. The Kier molecular flexibility index (Phi) is 6.49. The summed E-state index contributed by atoms with van der Waals surface area (Å²) >= 11 is 0. The van der Waals surface area contributed by atoms with Crippen LogP contribution < -0.4 is 15.2 Å². The molecular formula is C14H23ClN2O4S. The summed E-state index contributed by atoms with van der Waals surface area (Å²) in [5, 5.41) is 0. The van der Waals surface area contributed by atoms with Crippen LogP contribution in [-0.2, 0) is 10.0 Å². The molecule has 22 heavy (non-hydrogen) atoms. The van der Waals surface area contributed by atoms with E-state index in [1.165, 1.54) is 24.6 Å². The molecule has 1 aliphatic rings. The number of hydrogen-bond donors (Lipinski definition) is 1. The SMILES string of the molecule is COc1cc(C)c(S(=O)(=O)N2CCC(CN)C2)cc1OC.Cl. The normalized spacial score (nSPS) is 18.8. The number of sulfonamides is 1. The average molecular weight is 351 g/mol. The summed E-state index contributed by atoms with van der Waals surface area (Å²) in [5.41, 5.74) is 6.28. The lowest BCUT2D eigenvalue weighted by Gasteiger charge is -2.19. The first-order valence-corrected chi connectivity index (χ1v) is 8.30. The molecule has 1 atom stereocenters. The molecule has 0 aromatic heterocycles. The maximum atomic E-state index is 12.8. The van der Waals surface area contributed by atoms with Crippen molar-refractivity contribution in [2.75, 3.05) is 33.9 Å². The van der Waals surface area contributed by atoms with Crippen molar-refractivity contribution in [3.8, 4) is 11.5 Å². The molecule has 0 saturated carbocycles. The molecule has 1 aromatic rings. The van der Waals surface area contributed by atoms with Gasteiger partial charge in [-0.1, -0.05) is 0 Å². The van der Waals surface area contributed by atoms with Crippen LogP contribution in [0.2, 0.25) is 0 Å². The van der Waals surface area contributed by atoms with Crippen LogP contribution in [0.3, 0.4) is 0 Å². The fourth-order valence-electron chi connectivity index (χ4n) is 2.59. The summed E-state index contributed by atoms with van der Waals surface area (Å²) in [6, 6.07) is 3.21. The molecule has 0 spiro atoms. The number of benzene rings is 1. The van der Waals surface area contributed by atoms with Gasteiger partial charge in [-0.2, -0.15) is 4.31 Å². The van der Waals surface area contributed by atoms with E-state index in [1.54, 1.807) is 13.0 Å². The van der Waals surface area contributed by atoms with Crippen LogP contribution in [0, 0.1) is 12.8 Å². The molecule has 8 heteroatoms. The molecule has 1 unspecified atom stereocenters. The molecule has 0 radical (unpaired) electrons. The highest BCUT2D eigenvalue weighted by Crippen LogP contribution is 2.34. The zero-order valence-electron chi connectivity index (χ0n) is 13.0. The lowest BCUT2D eigenvalue weighted by Crippen LogP contribution is -2.30. The van der Waals surface area contributed by atoms with Gasteiger partial charge >= 0.3 is 0 Å². The second kappa shape index (κ2) is 7.50. The topological polar surface area (TPSA) is 81.9 Å². The summed E-state index contributed by atoms with van der Waals surface area (Å²) in [5.74, 6) is 1.17. The predicted molar refractivity (Wildman–Crippen MR) is 87.5 cm³/mol. The number of hydrogen-bond acceptors (Lipinski definition) is 5. The van der Waals surface area contributed by atoms with Gasteiger partial charge in [-0.15, -0.1) is 12.4 Å². The van der Waals surface area contributed by atoms with E-state index in [-0.39, 0.29) is 23.2 Å². The quantitative estimate of drug-likeness (QED) is 0.868. The van der Waals surface area contributed by atoms with Crippen LogP contribution in [-0.4, -0.2) is 46.6 Å². The lowest BCUT2D eigenvalue weighted by molar-refractivity contribution is 0.353. The third kappa shape index (κ3) is 3.48. The monoisotopic (exact) mass is 350 g/mol. The summed E-state index contributed by atoms with van der Waals surface area (Å²) in [7, 11) is -0.512. The lowest BCUT2D eigenvalue weighted by atomic mass is 10.1. The standard InChI is InChI=1S/C14H22N2O4S.ClH/c1-10-6-12(19-2)13(20-3)7-14(10)21(17,18)16-5-4-11(8-15)9-16;/h6-7,11H,4-5,8-9,15H2,1-3H3;1H. The Hall–Kier alpha value is -1.02. The smallest absolute Gasteiger partial charge is 0.243 e. The molecule has 2 rings (SSSR count). The number of halogens is 1. The van der Waals surface area contributed by atoms with Crippen LogP contribution in [0.5, 0.6) is 11.5 Å². The molecule has 6 nitrogen and oxygen atoms in total. The Bertz CT molecular complexity index is 622. The second-order valence-corrected chi connectivity index (χ2v) is 7.13.